The van der Waals surface area contributed by atoms with Crippen molar-refractivity contribution >= 4 is 6.71 Å². The molecule has 0 amide bonds. The molecule has 0 aliphatic carbocycles. The number of nitrogens with zero attached hydrogens (tertiary/aromatic N) is 1. The molecular formula is C18H26BNO4. The highest BCUT2D eigenvalue weighted by atomic mass is 16.7. The fourth-order valence-electron chi connectivity index (χ4n) is 3.25. The van der Waals surface area contributed by atoms with Crippen LogP contribution in [0.15, 0.2) is 18.2 Å². The van der Waals surface area contributed by atoms with Crippen LogP contribution in [0, 0.1) is 11.2 Å². The Bertz CT molecular complexity index is 573. The van der Waals surface area contributed by atoms with Crippen molar-refractivity contribution in [3.8, 4) is 11.7 Å². The first kappa shape index (κ1) is 18.8. The van der Waals surface area contributed by atoms with E-state index in [4.69, 9.17) is 19.5 Å². The van der Waals surface area contributed by atoms with Gasteiger partial charge in [0.15, 0.2) is 6.29 Å². The van der Waals surface area contributed by atoms with Gasteiger partial charge in [0.1, 0.15) is 5.75 Å². The predicted octanol–water partition coefficient (Wildman–Crippen LogP) is 3.31. The molecule has 6 heteroatoms. The van der Waals surface area contributed by atoms with Crippen molar-refractivity contribution in [3.05, 3.63) is 29.3 Å². The summed E-state index contributed by atoms with van der Waals surface area (Å²) in [5.74, 6) is 2.96. The number of methoxy groups -OCH3 is 1. The second-order valence-corrected chi connectivity index (χ2v) is 5.97. The number of aliphatic hydroxyl groups is 1. The summed E-state index contributed by atoms with van der Waals surface area (Å²) in [6.45, 7) is 5.21. The molecule has 0 bridgehead atoms. The Morgan fingerprint density at radius 1 is 1.25 bits per heavy atom. The van der Waals surface area contributed by atoms with Gasteiger partial charge in [0, 0.05) is 11.5 Å². The van der Waals surface area contributed by atoms with E-state index >= 15 is 0 Å². The minimum atomic E-state index is -0.878. The van der Waals surface area contributed by atoms with Crippen LogP contribution < -0.4 is 4.74 Å². The quantitative estimate of drug-likeness (QED) is 0.861. The average molecular weight is 331 g/mol. The largest absolute Gasteiger partial charge is 0.496 e. The Morgan fingerprint density at radius 2 is 1.88 bits per heavy atom. The zero-order chi connectivity index (χ0) is 17.6. The molecule has 0 saturated carbocycles. The number of ether oxygens (including phenoxy) is 3. The van der Waals surface area contributed by atoms with E-state index < -0.39 is 11.9 Å². The van der Waals surface area contributed by atoms with E-state index in [0.29, 0.717) is 31.8 Å². The van der Waals surface area contributed by atoms with Gasteiger partial charge in [0.2, 0.25) is 0 Å². The lowest BCUT2D eigenvalue weighted by molar-refractivity contribution is -0.0456. The molecule has 0 spiro atoms. The molecule has 0 unspecified atom stereocenters. The average Bonchev–Trinajstić information content (AvgIpc) is 3.18. The van der Waals surface area contributed by atoms with Gasteiger partial charge in [-0.3, -0.25) is 0 Å². The van der Waals surface area contributed by atoms with Gasteiger partial charge in [-0.2, -0.15) is 0 Å². The van der Waals surface area contributed by atoms with Crippen molar-refractivity contribution in [2.24, 2.45) is 0 Å². The van der Waals surface area contributed by atoms with Gasteiger partial charge in [0.25, 0.3) is 6.71 Å². The van der Waals surface area contributed by atoms with E-state index in [-0.39, 0.29) is 6.71 Å². The summed E-state index contributed by atoms with van der Waals surface area (Å²) in [5, 5.41) is 19.9. The molecule has 24 heavy (non-hydrogen) atoms. The van der Waals surface area contributed by atoms with Gasteiger partial charge < -0.3 is 19.3 Å². The normalized spacial score (nSPS) is 20.0. The Hall–Kier alpha value is -1.55. The predicted molar refractivity (Wildman–Crippen MR) is 93.1 cm³/mol. The summed E-state index contributed by atoms with van der Waals surface area (Å²) in [4.78, 5) is 0. The summed E-state index contributed by atoms with van der Waals surface area (Å²) in [5.41, 5.74) is 0.803. The van der Waals surface area contributed by atoms with E-state index in [1.807, 2.05) is 32.0 Å². The second-order valence-electron chi connectivity index (χ2n) is 5.97. The van der Waals surface area contributed by atoms with Crippen LogP contribution in [-0.4, -0.2) is 32.1 Å². The van der Waals surface area contributed by atoms with E-state index in [1.165, 1.54) is 0 Å². The maximum Gasteiger partial charge on any atom is 0.268 e. The SMILES string of the molecule is CC.COc1cc(C2(O)CCB(C#N)CC2)ccc1C1OCCO1. The Labute approximate surface area is 144 Å². The van der Waals surface area contributed by atoms with Crippen LogP contribution >= 0.6 is 0 Å². The Kier molecular flexibility index (Phi) is 6.67. The molecule has 2 heterocycles. The first-order chi connectivity index (χ1) is 11.7. The lowest BCUT2D eigenvalue weighted by atomic mass is 9.41. The van der Waals surface area contributed by atoms with Crippen LogP contribution in [0.25, 0.3) is 0 Å². The first-order valence-electron chi connectivity index (χ1n) is 8.70. The molecule has 1 aromatic carbocycles. The van der Waals surface area contributed by atoms with Gasteiger partial charge in [-0.25, -0.2) is 5.26 Å². The zero-order valence-corrected chi connectivity index (χ0v) is 14.7. The number of hydrogen-bond acceptors (Lipinski definition) is 5. The van der Waals surface area contributed by atoms with Crippen molar-refractivity contribution in [2.45, 2.75) is 51.2 Å². The Morgan fingerprint density at radius 3 is 2.42 bits per heavy atom. The summed E-state index contributed by atoms with van der Waals surface area (Å²) in [6.07, 6.45) is 2.26. The van der Waals surface area contributed by atoms with Crippen LogP contribution in [-0.2, 0) is 15.1 Å². The van der Waals surface area contributed by atoms with Gasteiger partial charge in [-0.05, 0) is 30.5 Å². The van der Waals surface area contributed by atoms with Gasteiger partial charge in [-0.1, -0.05) is 32.6 Å². The molecular weight excluding hydrogens is 305 g/mol. The molecule has 1 N–H and O–H groups in total. The third kappa shape index (κ3) is 3.92. The molecule has 5 nitrogen and oxygen atoms in total. The molecule has 0 radical (unpaired) electrons. The summed E-state index contributed by atoms with van der Waals surface area (Å²) in [7, 11) is 1.61. The molecule has 3 rings (SSSR count). The van der Waals surface area contributed by atoms with Crippen LogP contribution in [0.1, 0.15) is 44.1 Å². The number of hydrogen-bond donors (Lipinski definition) is 1. The molecule has 2 saturated heterocycles. The molecule has 2 fully saturated rings. The number of benzene rings is 1. The molecule has 0 aromatic heterocycles. The smallest absolute Gasteiger partial charge is 0.268 e. The third-order valence-corrected chi connectivity index (χ3v) is 4.64. The van der Waals surface area contributed by atoms with Crippen LogP contribution in [0.2, 0.25) is 12.6 Å². The molecule has 0 atom stereocenters. The minimum Gasteiger partial charge on any atom is -0.496 e. The maximum atomic E-state index is 10.9. The van der Waals surface area contributed by atoms with Crippen molar-refractivity contribution in [1.82, 2.24) is 0 Å². The monoisotopic (exact) mass is 331 g/mol. The standard InChI is InChI=1S/C16H20BNO4.C2H6/c1-20-14-10-12(2-3-13(14)15-21-8-9-22-15)16(19)4-6-17(11-18)7-5-16;1-2/h2-3,10,15,19H,4-9H2,1H3;1-2H3. The number of rotatable bonds is 3. The summed E-state index contributed by atoms with van der Waals surface area (Å²) >= 11 is 0. The Balaban J connectivity index is 0.00000100. The van der Waals surface area contributed by atoms with E-state index in [2.05, 4.69) is 5.97 Å². The van der Waals surface area contributed by atoms with Gasteiger partial charge in [-0.15, -0.1) is 0 Å². The highest BCUT2D eigenvalue weighted by molar-refractivity contribution is 6.67. The maximum absolute atomic E-state index is 10.9. The fraction of sp³-hybridized carbons (Fsp3) is 0.611. The first-order valence-corrected chi connectivity index (χ1v) is 8.70. The zero-order valence-electron chi connectivity index (χ0n) is 14.7. The fourth-order valence-corrected chi connectivity index (χ4v) is 3.25. The van der Waals surface area contributed by atoms with Gasteiger partial charge in [0.05, 0.1) is 25.9 Å². The van der Waals surface area contributed by atoms with E-state index in [9.17, 15) is 5.11 Å². The molecule has 1 aromatic rings. The van der Waals surface area contributed by atoms with Crippen molar-refractivity contribution in [1.29, 1.82) is 5.26 Å². The van der Waals surface area contributed by atoms with Crippen molar-refractivity contribution in [3.63, 3.8) is 0 Å². The van der Waals surface area contributed by atoms with Crippen LogP contribution in [0.5, 0.6) is 5.75 Å². The highest BCUT2D eigenvalue weighted by Crippen LogP contribution is 2.41. The minimum absolute atomic E-state index is 0.0572. The van der Waals surface area contributed by atoms with Crippen LogP contribution in [0.4, 0.5) is 0 Å². The van der Waals surface area contributed by atoms with E-state index in [0.717, 1.165) is 23.8 Å². The topological polar surface area (TPSA) is 71.7 Å². The molecule has 130 valence electrons. The van der Waals surface area contributed by atoms with E-state index in [1.54, 1.807) is 7.11 Å². The summed E-state index contributed by atoms with van der Waals surface area (Å²) in [6, 6.07) is 5.68. The van der Waals surface area contributed by atoms with Crippen molar-refractivity contribution in [2.75, 3.05) is 20.3 Å². The summed E-state index contributed by atoms with van der Waals surface area (Å²) < 4.78 is 16.5. The van der Waals surface area contributed by atoms with Crippen molar-refractivity contribution < 1.29 is 19.3 Å². The van der Waals surface area contributed by atoms with Gasteiger partial charge >= 0.3 is 0 Å². The third-order valence-electron chi connectivity index (χ3n) is 4.64. The highest BCUT2D eigenvalue weighted by Gasteiger charge is 2.37. The lowest BCUT2D eigenvalue weighted by Gasteiger charge is -2.34. The molecule has 2 aliphatic rings. The second kappa shape index (κ2) is 8.52. The lowest BCUT2D eigenvalue weighted by Crippen LogP contribution is -2.34. The number of nitriles is 1. The van der Waals surface area contributed by atoms with Crippen LogP contribution in [0.3, 0.4) is 0 Å². The molecule has 2 aliphatic heterocycles.